The minimum atomic E-state index is -0.0426. The number of rotatable bonds is 7. The Hall–Kier alpha value is -2.93. The minimum Gasteiger partial charge on any atom is -0.493 e. The summed E-state index contributed by atoms with van der Waals surface area (Å²) in [4.78, 5) is 6.90. The van der Waals surface area contributed by atoms with Crippen LogP contribution in [0.4, 0.5) is 0 Å². The first kappa shape index (κ1) is 20.9. The molecule has 0 radical (unpaired) electrons. The molecule has 7 heteroatoms. The molecule has 1 aliphatic heterocycles. The van der Waals surface area contributed by atoms with Gasteiger partial charge in [0.25, 0.3) is 0 Å². The van der Waals surface area contributed by atoms with Crippen LogP contribution in [0.5, 0.6) is 5.75 Å². The molecule has 164 valence electrons. The molecule has 2 aromatic heterocycles. The van der Waals surface area contributed by atoms with Gasteiger partial charge in [-0.15, -0.1) is 0 Å². The summed E-state index contributed by atoms with van der Waals surface area (Å²) in [5, 5.41) is 9.55. The van der Waals surface area contributed by atoms with Crippen molar-refractivity contribution in [3.63, 3.8) is 0 Å². The van der Waals surface area contributed by atoms with Crippen LogP contribution in [-0.2, 0) is 17.7 Å². The fourth-order valence-electron chi connectivity index (χ4n) is 4.04. The summed E-state index contributed by atoms with van der Waals surface area (Å²) >= 11 is 5.91. The highest BCUT2D eigenvalue weighted by Crippen LogP contribution is 2.25. The number of pyridine rings is 1. The van der Waals surface area contributed by atoms with E-state index in [9.17, 15) is 0 Å². The third kappa shape index (κ3) is 4.93. The van der Waals surface area contributed by atoms with Crippen molar-refractivity contribution in [2.45, 2.75) is 19.1 Å². The molecule has 1 saturated heterocycles. The zero-order valence-corrected chi connectivity index (χ0v) is 18.5. The lowest BCUT2D eigenvalue weighted by atomic mass is 10.1. The van der Waals surface area contributed by atoms with Gasteiger partial charge in [-0.1, -0.05) is 29.8 Å². The first-order valence-electron chi connectivity index (χ1n) is 10.8. The lowest BCUT2D eigenvalue weighted by Crippen LogP contribution is -2.38. The van der Waals surface area contributed by atoms with Crippen LogP contribution >= 0.6 is 11.6 Å². The zero-order valence-electron chi connectivity index (χ0n) is 17.7. The van der Waals surface area contributed by atoms with E-state index in [4.69, 9.17) is 21.1 Å². The first-order valence-corrected chi connectivity index (χ1v) is 11.2. The fourth-order valence-corrected chi connectivity index (χ4v) is 4.17. The SMILES string of the molecule is Clc1ccc(OCCc2cc(C3CN(Cc4ccnc5ccccc45)CCO3)n[nH]2)cc1. The van der Waals surface area contributed by atoms with Gasteiger partial charge < -0.3 is 9.47 Å². The molecule has 1 N–H and O–H groups in total. The van der Waals surface area contributed by atoms with Crippen molar-refractivity contribution in [3.8, 4) is 5.75 Å². The van der Waals surface area contributed by atoms with Crippen LogP contribution in [0.2, 0.25) is 5.02 Å². The van der Waals surface area contributed by atoms with E-state index in [0.29, 0.717) is 18.2 Å². The summed E-state index contributed by atoms with van der Waals surface area (Å²) in [6, 6.07) is 19.9. The Kier molecular flexibility index (Phi) is 6.34. The predicted octanol–water partition coefficient (Wildman–Crippen LogP) is 4.81. The molecule has 1 atom stereocenters. The number of hydrogen-bond acceptors (Lipinski definition) is 5. The molecule has 4 aromatic rings. The maximum atomic E-state index is 6.04. The van der Waals surface area contributed by atoms with E-state index < -0.39 is 0 Å². The molecule has 0 amide bonds. The number of fused-ring (bicyclic) bond motifs is 1. The van der Waals surface area contributed by atoms with Crippen LogP contribution in [0, 0.1) is 0 Å². The van der Waals surface area contributed by atoms with Crippen LogP contribution in [0.3, 0.4) is 0 Å². The molecule has 1 aliphatic rings. The molecule has 6 nitrogen and oxygen atoms in total. The quantitative estimate of drug-likeness (QED) is 0.439. The van der Waals surface area contributed by atoms with Crippen molar-refractivity contribution in [1.29, 1.82) is 0 Å². The van der Waals surface area contributed by atoms with E-state index in [1.54, 1.807) is 0 Å². The van der Waals surface area contributed by atoms with E-state index in [-0.39, 0.29) is 6.10 Å². The van der Waals surface area contributed by atoms with Crippen LogP contribution in [0.25, 0.3) is 10.9 Å². The third-order valence-corrected chi connectivity index (χ3v) is 5.97. The maximum absolute atomic E-state index is 6.04. The van der Waals surface area contributed by atoms with Gasteiger partial charge in [0, 0.05) is 48.4 Å². The second kappa shape index (κ2) is 9.69. The molecule has 3 heterocycles. The van der Waals surface area contributed by atoms with Crippen molar-refractivity contribution >= 4 is 22.5 Å². The third-order valence-electron chi connectivity index (χ3n) is 5.72. The average molecular weight is 449 g/mol. The second-order valence-corrected chi connectivity index (χ2v) is 8.39. The van der Waals surface area contributed by atoms with Gasteiger partial charge in [-0.2, -0.15) is 5.10 Å². The standard InChI is InChI=1S/C25H25ClN4O2/c26-19-5-7-21(8-6-19)31-13-10-20-15-24(29-28-20)25-17-30(12-14-32-25)16-18-9-11-27-23-4-2-1-3-22(18)23/h1-9,11,15,25H,10,12-14,16-17H2,(H,28,29). The van der Waals surface area contributed by atoms with Gasteiger partial charge in [-0.25, -0.2) is 0 Å². The van der Waals surface area contributed by atoms with Crippen LogP contribution in [0.1, 0.15) is 23.1 Å². The van der Waals surface area contributed by atoms with Crippen molar-refractivity contribution < 1.29 is 9.47 Å². The van der Waals surface area contributed by atoms with E-state index in [2.05, 4.69) is 50.4 Å². The second-order valence-electron chi connectivity index (χ2n) is 7.95. The number of nitrogens with zero attached hydrogens (tertiary/aromatic N) is 3. The molecular formula is C25H25ClN4O2. The smallest absolute Gasteiger partial charge is 0.119 e. The number of halogens is 1. The van der Waals surface area contributed by atoms with Gasteiger partial charge in [0.05, 0.1) is 24.4 Å². The molecule has 1 fully saturated rings. The van der Waals surface area contributed by atoms with Crippen molar-refractivity contribution in [2.75, 3.05) is 26.3 Å². The fraction of sp³-hybridized carbons (Fsp3) is 0.280. The molecule has 0 bridgehead atoms. The molecule has 0 saturated carbocycles. The highest BCUT2D eigenvalue weighted by molar-refractivity contribution is 6.30. The highest BCUT2D eigenvalue weighted by atomic mass is 35.5. The number of benzene rings is 2. The van der Waals surface area contributed by atoms with E-state index in [0.717, 1.165) is 48.7 Å². The van der Waals surface area contributed by atoms with Crippen molar-refractivity contribution in [2.24, 2.45) is 0 Å². The lowest BCUT2D eigenvalue weighted by Gasteiger charge is -2.32. The van der Waals surface area contributed by atoms with Gasteiger partial charge >= 0.3 is 0 Å². The number of hydrogen-bond donors (Lipinski definition) is 1. The Morgan fingerprint density at radius 1 is 1.12 bits per heavy atom. The van der Waals surface area contributed by atoms with E-state index in [1.807, 2.05) is 36.5 Å². The molecule has 5 rings (SSSR count). The molecule has 0 aliphatic carbocycles. The first-order chi connectivity index (χ1) is 15.7. The van der Waals surface area contributed by atoms with Crippen molar-refractivity contribution in [1.82, 2.24) is 20.1 Å². The monoisotopic (exact) mass is 448 g/mol. The Balaban J connectivity index is 1.18. The number of ether oxygens (including phenoxy) is 2. The predicted molar refractivity (Wildman–Crippen MR) is 125 cm³/mol. The lowest BCUT2D eigenvalue weighted by molar-refractivity contribution is -0.0348. The largest absolute Gasteiger partial charge is 0.493 e. The molecule has 0 spiro atoms. The Bertz CT molecular complexity index is 1170. The summed E-state index contributed by atoms with van der Waals surface area (Å²) in [5.41, 5.74) is 4.30. The number of H-pyrrole nitrogens is 1. The maximum Gasteiger partial charge on any atom is 0.119 e. The summed E-state index contributed by atoms with van der Waals surface area (Å²) in [5.74, 6) is 0.809. The van der Waals surface area contributed by atoms with E-state index >= 15 is 0 Å². The van der Waals surface area contributed by atoms with Crippen LogP contribution in [0.15, 0.2) is 66.9 Å². The van der Waals surface area contributed by atoms with Crippen LogP contribution < -0.4 is 4.74 Å². The van der Waals surface area contributed by atoms with Gasteiger partial charge in [0.2, 0.25) is 0 Å². The normalized spacial score (nSPS) is 17.0. The Labute approximate surface area is 192 Å². The molecule has 1 unspecified atom stereocenters. The summed E-state index contributed by atoms with van der Waals surface area (Å²) in [6.45, 7) is 3.84. The Morgan fingerprint density at radius 2 is 2.00 bits per heavy atom. The number of nitrogens with one attached hydrogen (secondary N) is 1. The van der Waals surface area contributed by atoms with Crippen LogP contribution in [-0.4, -0.2) is 46.4 Å². The zero-order chi connectivity index (χ0) is 21.8. The number of para-hydroxylation sites is 1. The number of morpholine rings is 1. The molecule has 32 heavy (non-hydrogen) atoms. The van der Waals surface area contributed by atoms with Gasteiger partial charge in [0.15, 0.2) is 0 Å². The average Bonchev–Trinajstić information content (AvgIpc) is 3.30. The van der Waals surface area contributed by atoms with Gasteiger partial charge in [-0.3, -0.25) is 15.0 Å². The summed E-state index contributed by atoms with van der Waals surface area (Å²) < 4.78 is 11.8. The number of aromatic amines is 1. The van der Waals surface area contributed by atoms with Gasteiger partial charge in [0.1, 0.15) is 11.9 Å². The van der Waals surface area contributed by atoms with Crippen molar-refractivity contribution in [3.05, 3.63) is 88.8 Å². The van der Waals surface area contributed by atoms with Gasteiger partial charge in [-0.05, 0) is 48.0 Å². The Morgan fingerprint density at radius 3 is 2.91 bits per heavy atom. The minimum absolute atomic E-state index is 0.0426. The van der Waals surface area contributed by atoms with E-state index in [1.165, 1.54) is 10.9 Å². The molecular weight excluding hydrogens is 424 g/mol. The number of aromatic nitrogens is 3. The summed E-state index contributed by atoms with van der Waals surface area (Å²) in [7, 11) is 0. The summed E-state index contributed by atoms with van der Waals surface area (Å²) in [6.07, 6.45) is 2.59. The highest BCUT2D eigenvalue weighted by Gasteiger charge is 2.24. The molecule has 2 aromatic carbocycles. The topological polar surface area (TPSA) is 63.3 Å².